The molecule has 2 N–H and O–H groups in total. The van der Waals surface area contributed by atoms with Crippen LogP contribution >= 0.6 is 12.2 Å². The van der Waals surface area contributed by atoms with Crippen molar-refractivity contribution in [3.63, 3.8) is 0 Å². The quantitative estimate of drug-likeness (QED) is 0.662. The summed E-state index contributed by atoms with van der Waals surface area (Å²) in [5, 5.41) is 6.98. The van der Waals surface area contributed by atoms with E-state index < -0.39 is 0 Å². The van der Waals surface area contributed by atoms with Gasteiger partial charge in [-0.25, -0.2) is 0 Å². The second-order valence-electron chi connectivity index (χ2n) is 8.42. The summed E-state index contributed by atoms with van der Waals surface area (Å²) in [6.07, 6.45) is 3.41. The number of rotatable bonds is 5. The third kappa shape index (κ3) is 5.11. The van der Waals surface area contributed by atoms with Crippen molar-refractivity contribution in [3.8, 4) is 0 Å². The van der Waals surface area contributed by atoms with E-state index in [9.17, 15) is 0 Å². The molecule has 3 aliphatic heterocycles. The van der Waals surface area contributed by atoms with E-state index in [1.165, 1.54) is 11.1 Å². The highest BCUT2D eigenvalue weighted by Crippen LogP contribution is 2.27. The monoisotopic (exact) mass is 454 g/mol. The second kappa shape index (κ2) is 9.97. The topological polar surface area (TPSA) is 74.8 Å². The van der Waals surface area contributed by atoms with Gasteiger partial charge in [-0.05, 0) is 42.6 Å². The number of ether oxygens (including phenoxy) is 2. The number of nitrogens with one attached hydrogen (secondary N) is 2. The minimum atomic E-state index is 0.222. The van der Waals surface area contributed by atoms with Gasteiger partial charge in [-0.1, -0.05) is 24.3 Å². The summed E-state index contributed by atoms with van der Waals surface area (Å²) in [6, 6.07) is 10.7. The molecule has 1 aromatic heterocycles. The fourth-order valence-electron chi connectivity index (χ4n) is 4.44. The van der Waals surface area contributed by atoms with Crippen molar-refractivity contribution in [1.82, 2.24) is 15.3 Å². The van der Waals surface area contributed by atoms with Crippen LogP contribution in [0.5, 0.6) is 0 Å². The first-order valence-corrected chi connectivity index (χ1v) is 11.9. The molecule has 0 saturated carbocycles. The molecule has 5 rings (SSSR count). The third-order valence-corrected chi connectivity index (χ3v) is 6.47. The van der Waals surface area contributed by atoms with Crippen LogP contribution in [0.2, 0.25) is 0 Å². The molecule has 0 radical (unpaired) electrons. The minimum Gasteiger partial charge on any atom is -0.378 e. The molecule has 0 bridgehead atoms. The molecule has 0 amide bonds. The van der Waals surface area contributed by atoms with Crippen LogP contribution in [0.1, 0.15) is 24.0 Å². The van der Waals surface area contributed by atoms with Crippen LogP contribution in [-0.2, 0) is 22.4 Å². The number of hydrogen-bond acceptors (Lipinski definition) is 7. The molecule has 0 unspecified atom stereocenters. The summed E-state index contributed by atoms with van der Waals surface area (Å²) in [5.41, 5.74) is 2.78. The first-order chi connectivity index (χ1) is 15.7. The zero-order valence-corrected chi connectivity index (χ0v) is 19.1. The highest BCUT2D eigenvalue weighted by Gasteiger charge is 2.22. The van der Waals surface area contributed by atoms with Crippen LogP contribution in [-0.4, -0.2) is 67.2 Å². The molecule has 2 aromatic rings. The minimum absolute atomic E-state index is 0.222. The van der Waals surface area contributed by atoms with Crippen LogP contribution in [0.3, 0.4) is 0 Å². The average molecular weight is 455 g/mol. The number of nitrogens with zero attached hydrogens (tertiary/aromatic N) is 4. The molecule has 1 aromatic carbocycles. The van der Waals surface area contributed by atoms with Crippen LogP contribution in [0.4, 0.5) is 17.6 Å². The van der Waals surface area contributed by atoms with Gasteiger partial charge in [0, 0.05) is 45.4 Å². The van der Waals surface area contributed by atoms with Gasteiger partial charge < -0.3 is 29.9 Å². The summed E-state index contributed by atoms with van der Waals surface area (Å²) in [6.45, 7) is 6.36. The Bertz CT molecular complexity index is 946. The largest absolute Gasteiger partial charge is 0.378 e. The Labute approximate surface area is 194 Å². The first-order valence-electron chi connectivity index (χ1n) is 11.4. The van der Waals surface area contributed by atoms with Gasteiger partial charge in [0.2, 0.25) is 5.95 Å². The Balaban J connectivity index is 1.34. The normalized spacial score (nSPS) is 20.7. The molecule has 0 spiro atoms. The van der Waals surface area contributed by atoms with Crippen molar-refractivity contribution in [2.75, 3.05) is 61.1 Å². The van der Waals surface area contributed by atoms with Gasteiger partial charge in [0.05, 0.1) is 19.3 Å². The lowest BCUT2D eigenvalue weighted by molar-refractivity contribution is 0.114. The molecule has 3 aliphatic rings. The van der Waals surface area contributed by atoms with E-state index >= 15 is 0 Å². The molecule has 1 atom stereocenters. The molecule has 170 valence electrons. The highest BCUT2D eigenvalue weighted by molar-refractivity contribution is 7.80. The van der Waals surface area contributed by atoms with Crippen LogP contribution in [0.15, 0.2) is 30.3 Å². The fourth-order valence-corrected chi connectivity index (χ4v) is 4.62. The van der Waals surface area contributed by atoms with E-state index in [4.69, 9.17) is 31.7 Å². The number of anilines is 3. The van der Waals surface area contributed by atoms with Gasteiger partial charge in [-0.2, -0.15) is 9.97 Å². The van der Waals surface area contributed by atoms with Crippen molar-refractivity contribution in [2.45, 2.75) is 31.9 Å². The van der Waals surface area contributed by atoms with E-state index in [-0.39, 0.29) is 6.10 Å². The number of morpholine rings is 1. The van der Waals surface area contributed by atoms with Crippen molar-refractivity contribution < 1.29 is 9.47 Å². The number of fused-ring (bicyclic) bond motifs is 1. The fraction of sp³-hybridized carbons (Fsp3) is 0.522. The molecule has 2 fully saturated rings. The van der Waals surface area contributed by atoms with E-state index in [1.54, 1.807) is 0 Å². The van der Waals surface area contributed by atoms with Gasteiger partial charge in [0.25, 0.3) is 0 Å². The van der Waals surface area contributed by atoms with Crippen LogP contribution in [0, 0.1) is 0 Å². The number of thiocarbonyl (C=S) groups is 1. The third-order valence-electron chi connectivity index (χ3n) is 6.23. The summed E-state index contributed by atoms with van der Waals surface area (Å²) in [7, 11) is 0. The SMILES string of the molecule is S=C(NC[C@@H]1CCCO1)Nc1nc(N2CCOCC2)cc(N2CCc3ccccc3C2)n1. The predicted molar refractivity (Wildman–Crippen MR) is 129 cm³/mol. The summed E-state index contributed by atoms with van der Waals surface area (Å²) < 4.78 is 11.2. The molecule has 2 saturated heterocycles. The predicted octanol–water partition coefficient (Wildman–Crippen LogP) is 2.34. The summed E-state index contributed by atoms with van der Waals surface area (Å²) in [4.78, 5) is 14.2. The van der Waals surface area contributed by atoms with Gasteiger partial charge in [0.15, 0.2) is 5.11 Å². The lowest BCUT2D eigenvalue weighted by atomic mass is 10.00. The Morgan fingerprint density at radius 3 is 2.59 bits per heavy atom. The van der Waals surface area contributed by atoms with Crippen molar-refractivity contribution in [3.05, 3.63) is 41.5 Å². The van der Waals surface area contributed by atoms with Gasteiger partial charge in [-0.15, -0.1) is 0 Å². The lowest BCUT2D eigenvalue weighted by Crippen LogP contribution is -2.38. The molecule has 0 aliphatic carbocycles. The zero-order valence-electron chi connectivity index (χ0n) is 18.3. The van der Waals surface area contributed by atoms with E-state index in [0.29, 0.717) is 30.8 Å². The molecule has 32 heavy (non-hydrogen) atoms. The Morgan fingerprint density at radius 1 is 1.03 bits per heavy atom. The number of aromatic nitrogens is 2. The second-order valence-corrected chi connectivity index (χ2v) is 8.83. The van der Waals surface area contributed by atoms with Crippen LogP contribution in [0.25, 0.3) is 0 Å². The lowest BCUT2D eigenvalue weighted by Gasteiger charge is -2.32. The molecule has 9 heteroatoms. The molecular weight excluding hydrogens is 424 g/mol. The average Bonchev–Trinajstić information content (AvgIpc) is 3.37. The zero-order chi connectivity index (χ0) is 21.8. The Morgan fingerprint density at radius 2 is 1.81 bits per heavy atom. The van der Waals surface area contributed by atoms with Crippen molar-refractivity contribution >= 4 is 34.9 Å². The van der Waals surface area contributed by atoms with Crippen molar-refractivity contribution in [1.29, 1.82) is 0 Å². The highest BCUT2D eigenvalue weighted by atomic mass is 32.1. The van der Waals surface area contributed by atoms with E-state index in [2.05, 4.69) is 50.8 Å². The maximum Gasteiger partial charge on any atom is 0.232 e. The first kappa shape index (κ1) is 21.4. The smallest absolute Gasteiger partial charge is 0.232 e. The van der Waals surface area contributed by atoms with Gasteiger partial charge in [-0.3, -0.25) is 0 Å². The Kier molecular flexibility index (Phi) is 6.66. The number of benzene rings is 1. The standard InChI is InChI=1S/C23H30N6O2S/c32-23(24-15-19-6-3-11-31-19)27-22-25-20(28-9-12-30-13-10-28)14-21(26-22)29-8-7-17-4-1-2-5-18(17)16-29/h1-2,4-5,14,19H,3,6-13,15-16H2,(H2,24,25,26,27,32)/t19-/m0/s1. The maximum absolute atomic E-state index is 5.67. The van der Waals surface area contributed by atoms with E-state index in [1.807, 2.05) is 0 Å². The van der Waals surface area contributed by atoms with E-state index in [0.717, 1.165) is 63.7 Å². The maximum atomic E-state index is 5.67. The van der Waals surface area contributed by atoms with Gasteiger partial charge in [0.1, 0.15) is 11.6 Å². The van der Waals surface area contributed by atoms with Crippen molar-refractivity contribution in [2.24, 2.45) is 0 Å². The molecule has 8 nitrogen and oxygen atoms in total. The summed E-state index contributed by atoms with van der Waals surface area (Å²) >= 11 is 5.52. The number of hydrogen-bond donors (Lipinski definition) is 2. The summed E-state index contributed by atoms with van der Waals surface area (Å²) in [5.74, 6) is 2.34. The molecular formula is C23H30N6O2S. The Hall–Kier alpha value is -2.49. The van der Waals surface area contributed by atoms with Gasteiger partial charge >= 0.3 is 0 Å². The van der Waals surface area contributed by atoms with Crippen LogP contribution < -0.4 is 20.4 Å². The molecule has 4 heterocycles.